The number of esters is 1. The lowest BCUT2D eigenvalue weighted by molar-refractivity contribution is 0.0598. The van der Waals surface area contributed by atoms with Crippen LogP contribution in [0.25, 0.3) is 10.8 Å². The van der Waals surface area contributed by atoms with Crippen LogP contribution in [0.2, 0.25) is 0 Å². The van der Waals surface area contributed by atoms with Crippen LogP contribution < -0.4 is 14.2 Å². The van der Waals surface area contributed by atoms with Crippen LogP contribution in [-0.4, -0.2) is 39.4 Å². The highest BCUT2D eigenvalue weighted by Gasteiger charge is 2.26. The first-order valence-corrected chi connectivity index (χ1v) is 5.83. The van der Waals surface area contributed by atoms with Gasteiger partial charge in [-0.3, -0.25) is 4.98 Å². The first-order valence-electron chi connectivity index (χ1n) is 5.83. The van der Waals surface area contributed by atoms with Gasteiger partial charge in [-0.15, -0.1) is 0 Å². The summed E-state index contributed by atoms with van der Waals surface area (Å²) in [6.45, 7) is 0. The predicted molar refractivity (Wildman–Crippen MR) is 72.7 cm³/mol. The van der Waals surface area contributed by atoms with Crippen molar-refractivity contribution in [3.8, 4) is 17.2 Å². The maximum absolute atomic E-state index is 12.0. The Hall–Kier alpha value is -2.50. The van der Waals surface area contributed by atoms with Gasteiger partial charge < -0.3 is 18.9 Å². The van der Waals surface area contributed by atoms with Crippen molar-refractivity contribution in [2.24, 2.45) is 0 Å². The average molecular weight is 277 g/mol. The summed E-state index contributed by atoms with van der Waals surface area (Å²) in [7, 11) is 5.76. The van der Waals surface area contributed by atoms with E-state index in [-0.39, 0.29) is 11.3 Å². The van der Waals surface area contributed by atoms with Crippen molar-refractivity contribution in [1.29, 1.82) is 0 Å². The molecule has 6 heteroatoms. The van der Waals surface area contributed by atoms with Gasteiger partial charge in [-0.2, -0.15) is 0 Å². The van der Waals surface area contributed by atoms with Crippen LogP contribution in [0, 0.1) is 0 Å². The number of pyridine rings is 1. The van der Waals surface area contributed by atoms with Gasteiger partial charge >= 0.3 is 5.97 Å². The number of ether oxygens (including phenoxy) is 4. The maximum atomic E-state index is 12.0. The van der Waals surface area contributed by atoms with Crippen molar-refractivity contribution >= 4 is 16.7 Å². The molecule has 0 bridgehead atoms. The smallest absolute Gasteiger partial charge is 0.342 e. The number of methoxy groups -OCH3 is 4. The fourth-order valence-corrected chi connectivity index (χ4v) is 2.14. The third-order valence-corrected chi connectivity index (χ3v) is 2.98. The van der Waals surface area contributed by atoms with Gasteiger partial charge in [0.05, 0.1) is 28.4 Å². The summed E-state index contributed by atoms with van der Waals surface area (Å²) in [5, 5.41) is 1.27. The molecule has 0 saturated carbocycles. The first-order chi connectivity index (χ1) is 9.69. The number of aromatic nitrogens is 1. The minimum atomic E-state index is -0.527. The van der Waals surface area contributed by atoms with Crippen molar-refractivity contribution in [2.75, 3.05) is 28.4 Å². The quantitative estimate of drug-likeness (QED) is 0.797. The topological polar surface area (TPSA) is 66.9 Å². The van der Waals surface area contributed by atoms with Crippen LogP contribution in [0.15, 0.2) is 18.5 Å². The summed E-state index contributed by atoms with van der Waals surface area (Å²) in [6.07, 6.45) is 3.17. The first kappa shape index (κ1) is 13.9. The lowest BCUT2D eigenvalue weighted by atomic mass is 10.0. The molecule has 2 aromatic rings. The molecule has 6 nitrogen and oxygen atoms in total. The molecule has 0 N–H and O–H groups in total. The lowest BCUT2D eigenvalue weighted by Gasteiger charge is -2.17. The fraction of sp³-hybridized carbons (Fsp3) is 0.286. The molecule has 0 aliphatic carbocycles. The minimum absolute atomic E-state index is 0.260. The van der Waals surface area contributed by atoms with Crippen LogP contribution in [-0.2, 0) is 4.74 Å². The Balaban J connectivity index is 2.98. The van der Waals surface area contributed by atoms with Crippen molar-refractivity contribution in [3.05, 3.63) is 24.0 Å². The van der Waals surface area contributed by atoms with Crippen LogP contribution in [0.5, 0.6) is 17.2 Å². The van der Waals surface area contributed by atoms with Crippen molar-refractivity contribution in [1.82, 2.24) is 4.98 Å². The zero-order valence-corrected chi connectivity index (χ0v) is 11.7. The van der Waals surface area contributed by atoms with Gasteiger partial charge in [-0.05, 0) is 6.07 Å². The molecule has 0 aliphatic rings. The molecule has 0 spiro atoms. The Labute approximate surface area is 116 Å². The Morgan fingerprint density at radius 2 is 1.60 bits per heavy atom. The molecule has 0 unspecified atom stereocenters. The summed E-state index contributed by atoms with van der Waals surface area (Å²) < 4.78 is 20.8. The largest absolute Gasteiger partial charge is 0.492 e. The monoisotopic (exact) mass is 277 g/mol. The van der Waals surface area contributed by atoms with Gasteiger partial charge in [0.1, 0.15) is 5.56 Å². The van der Waals surface area contributed by atoms with Gasteiger partial charge in [0, 0.05) is 23.2 Å². The Morgan fingerprint density at radius 3 is 2.15 bits per heavy atom. The van der Waals surface area contributed by atoms with Crippen molar-refractivity contribution < 1.29 is 23.7 Å². The second kappa shape index (κ2) is 5.64. The standard InChI is InChI=1S/C14H15NO5/c1-17-11-8-5-6-15-7-9(8)10(14(16)20-4)12(18-2)13(11)19-3/h5-7H,1-4H3. The van der Waals surface area contributed by atoms with Crippen LogP contribution in [0.4, 0.5) is 0 Å². The van der Waals surface area contributed by atoms with Crippen molar-refractivity contribution in [2.45, 2.75) is 0 Å². The zero-order valence-electron chi connectivity index (χ0n) is 11.7. The number of carbonyl (C=O) groups excluding carboxylic acids is 1. The summed E-state index contributed by atoms with van der Waals surface area (Å²) in [4.78, 5) is 16.1. The molecule has 20 heavy (non-hydrogen) atoms. The van der Waals surface area contributed by atoms with E-state index in [1.165, 1.54) is 28.4 Å². The van der Waals surface area contributed by atoms with E-state index in [9.17, 15) is 4.79 Å². The van der Waals surface area contributed by atoms with Crippen molar-refractivity contribution in [3.63, 3.8) is 0 Å². The Bertz CT molecular complexity index is 654. The average Bonchev–Trinajstić information content (AvgIpc) is 2.51. The maximum Gasteiger partial charge on any atom is 0.342 e. The number of hydrogen-bond acceptors (Lipinski definition) is 6. The number of rotatable bonds is 4. The van der Waals surface area contributed by atoms with Crippen LogP contribution in [0.1, 0.15) is 10.4 Å². The zero-order chi connectivity index (χ0) is 14.7. The highest BCUT2D eigenvalue weighted by Crippen LogP contribution is 2.46. The van der Waals surface area contributed by atoms with E-state index < -0.39 is 5.97 Å². The van der Waals surface area contributed by atoms with E-state index in [4.69, 9.17) is 18.9 Å². The number of carbonyl (C=O) groups is 1. The van der Waals surface area contributed by atoms with Gasteiger partial charge in [0.25, 0.3) is 0 Å². The Kier molecular flexibility index (Phi) is 3.93. The van der Waals surface area contributed by atoms with Gasteiger partial charge in [0.15, 0.2) is 11.5 Å². The Morgan fingerprint density at radius 1 is 0.950 bits per heavy atom. The van der Waals surface area contributed by atoms with E-state index in [1.54, 1.807) is 18.5 Å². The van der Waals surface area contributed by atoms with Gasteiger partial charge in [-0.25, -0.2) is 4.79 Å². The molecule has 0 radical (unpaired) electrons. The molecular formula is C14H15NO5. The second-order valence-corrected chi connectivity index (χ2v) is 3.89. The minimum Gasteiger partial charge on any atom is -0.492 e. The number of fused-ring (bicyclic) bond motifs is 1. The molecule has 0 saturated heterocycles. The fourth-order valence-electron chi connectivity index (χ4n) is 2.14. The molecule has 0 amide bonds. The summed E-state index contributed by atoms with van der Waals surface area (Å²) in [6, 6.07) is 1.74. The molecule has 0 fully saturated rings. The molecule has 2 rings (SSSR count). The highest BCUT2D eigenvalue weighted by molar-refractivity contribution is 6.10. The van der Waals surface area contributed by atoms with Crippen LogP contribution in [0.3, 0.4) is 0 Å². The van der Waals surface area contributed by atoms with Gasteiger partial charge in [0.2, 0.25) is 5.75 Å². The summed E-state index contributed by atoms with van der Waals surface area (Å²) in [5.74, 6) is 0.556. The number of nitrogens with zero attached hydrogens (tertiary/aromatic N) is 1. The highest BCUT2D eigenvalue weighted by atomic mass is 16.5. The SMILES string of the molecule is COC(=O)c1c(OC)c(OC)c(OC)c2ccncc12. The second-order valence-electron chi connectivity index (χ2n) is 3.89. The molecule has 0 aliphatic heterocycles. The predicted octanol–water partition coefficient (Wildman–Crippen LogP) is 2.05. The number of hydrogen-bond donors (Lipinski definition) is 0. The molecule has 1 heterocycles. The molecule has 1 aromatic carbocycles. The molecule has 1 aromatic heterocycles. The third-order valence-electron chi connectivity index (χ3n) is 2.98. The lowest BCUT2D eigenvalue weighted by Crippen LogP contribution is -2.08. The number of benzene rings is 1. The summed E-state index contributed by atoms with van der Waals surface area (Å²) in [5.41, 5.74) is 0.260. The molecular weight excluding hydrogens is 262 g/mol. The van der Waals surface area contributed by atoms with E-state index in [2.05, 4.69) is 4.98 Å². The van der Waals surface area contributed by atoms with E-state index >= 15 is 0 Å². The van der Waals surface area contributed by atoms with Gasteiger partial charge in [-0.1, -0.05) is 0 Å². The summed E-state index contributed by atoms with van der Waals surface area (Å²) >= 11 is 0. The van der Waals surface area contributed by atoms with E-state index in [0.717, 1.165) is 0 Å². The van der Waals surface area contributed by atoms with E-state index in [1.807, 2.05) is 0 Å². The van der Waals surface area contributed by atoms with Crippen LogP contribution >= 0.6 is 0 Å². The molecule has 106 valence electrons. The third kappa shape index (κ3) is 1.99. The van der Waals surface area contributed by atoms with E-state index in [0.29, 0.717) is 22.3 Å². The molecule has 0 atom stereocenters. The normalized spacial score (nSPS) is 10.2.